The van der Waals surface area contributed by atoms with E-state index in [1.54, 1.807) is 12.3 Å². The van der Waals surface area contributed by atoms with E-state index in [1.807, 2.05) is 18.2 Å². The lowest BCUT2D eigenvalue weighted by atomic mass is 10.2. The molecular formula is C19H21Br2N3O2. The maximum atomic E-state index is 10.1. The molecule has 3 rings (SSSR count). The molecule has 0 saturated carbocycles. The lowest BCUT2D eigenvalue weighted by Crippen LogP contribution is -2.47. The zero-order valence-electron chi connectivity index (χ0n) is 14.3. The molecule has 0 unspecified atom stereocenters. The van der Waals surface area contributed by atoms with Crippen LogP contribution in [-0.4, -0.2) is 60.7 Å². The monoisotopic (exact) mass is 481 g/mol. The zero-order valence-corrected chi connectivity index (χ0v) is 17.4. The maximum absolute atomic E-state index is 10.1. The Kier molecular flexibility index (Phi) is 6.69. The fraction of sp³-hybridized carbons (Fsp3) is 0.316. The van der Waals surface area contributed by atoms with Gasteiger partial charge in [0.2, 0.25) is 0 Å². The van der Waals surface area contributed by atoms with Crippen molar-refractivity contribution >= 4 is 49.4 Å². The number of rotatable bonds is 5. The van der Waals surface area contributed by atoms with Crippen LogP contribution in [0.15, 0.2) is 50.3 Å². The highest BCUT2D eigenvalue weighted by atomic mass is 79.9. The molecule has 1 heterocycles. The summed E-state index contributed by atoms with van der Waals surface area (Å²) in [6.45, 7) is 4.83. The molecule has 2 aromatic rings. The van der Waals surface area contributed by atoms with E-state index in [4.69, 9.17) is 5.11 Å². The van der Waals surface area contributed by atoms with Crippen molar-refractivity contribution in [2.24, 2.45) is 4.99 Å². The number of hydrogen-bond acceptors (Lipinski definition) is 5. The minimum absolute atomic E-state index is 0.175. The summed E-state index contributed by atoms with van der Waals surface area (Å²) in [5.74, 6) is 0.175. The predicted octanol–water partition coefficient (Wildman–Crippen LogP) is 3.78. The van der Waals surface area contributed by atoms with Crippen LogP contribution in [0, 0.1) is 0 Å². The Morgan fingerprint density at radius 1 is 1.04 bits per heavy atom. The Labute approximate surface area is 170 Å². The predicted molar refractivity (Wildman–Crippen MR) is 113 cm³/mol. The normalized spacial score (nSPS) is 15.7. The first-order chi connectivity index (χ1) is 12.6. The molecule has 1 aliphatic heterocycles. The Hall–Kier alpha value is -1.41. The standard InChI is InChI=1S/C19H21Br2N3O2/c20-15-11-14(19(26)18(21)12-15)13-22-16-1-3-17(4-2-16)24-7-5-23(6-8-24)9-10-25/h1-4,11-13,25-26H,5-10H2. The van der Waals surface area contributed by atoms with Gasteiger partial charge in [0.1, 0.15) is 5.75 Å². The molecule has 0 atom stereocenters. The highest BCUT2D eigenvalue weighted by Gasteiger charge is 2.16. The van der Waals surface area contributed by atoms with Crippen molar-refractivity contribution in [3.63, 3.8) is 0 Å². The number of halogens is 2. The lowest BCUT2D eigenvalue weighted by molar-refractivity contribution is 0.189. The first-order valence-corrected chi connectivity index (χ1v) is 10.1. The van der Waals surface area contributed by atoms with Gasteiger partial charge in [-0.25, -0.2) is 0 Å². The van der Waals surface area contributed by atoms with Crippen LogP contribution in [0.1, 0.15) is 5.56 Å². The molecule has 0 aliphatic carbocycles. The Balaban J connectivity index is 1.65. The Morgan fingerprint density at radius 2 is 1.73 bits per heavy atom. The number of aliphatic hydroxyl groups is 1. The number of anilines is 1. The van der Waals surface area contributed by atoms with Gasteiger partial charge in [-0.15, -0.1) is 0 Å². The zero-order chi connectivity index (χ0) is 18.5. The van der Waals surface area contributed by atoms with Crippen LogP contribution in [0.3, 0.4) is 0 Å². The van der Waals surface area contributed by atoms with Crippen molar-refractivity contribution in [1.82, 2.24) is 4.90 Å². The SMILES string of the molecule is OCCN1CCN(c2ccc(N=Cc3cc(Br)cc(Br)c3O)cc2)CC1. The third kappa shape index (κ3) is 4.85. The minimum Gasteiger partial charge on any atom is -0.506 e. The Bertz CT molecular complexity index is 773. The molecule has 0 amide bonds. The van der Waals surface area contributed by atoms with Crippen LogP contribution in [0.4, 0.5) is 11.4 Å². The Morgan fingerprint density at radius 3 is 2.38 bits per heavy atom. The summed E-state index contributed by atoms with van der Waals surface area (Å²) < 4.78 is 1.50. The third-order valence-electron chi connectivity index (χ3n) is 4.41. The van der Waals surface area contributed by atoms with Gasteiger partial charge in [0, 0.05) is 54.7 Å². The highest BCUT2D eigenvalue weighted by Crippen LogP contribution is 2.31. The van der Waals surface area contributed by atoms with Crippen molar-refractivity contribution < 1.29 is 10.2 Å². The molecule has 26 heavy (non-hydrogen) atoms. The number of aliphatic imine (C=N–C) groups is 1. The largest absolute Gasteiger partial charge is 0.506 e. The van der Waals surface area contributed by atoms with Crippen molar-refractivity contribution in [2.45, 2.75) is 0 Å². The third-order valence-corrected chi connectivity index (χ3v) is 5.48. The minimum atomic E-state index is 0.175. The van der Waals surface area contributed by atoms with Gasteiger partial charge < -0.3 is 15.1 Å². The van der Waals surface area contributed by atoms with Gasteiger partial charge in [-0.2, -0.15) is 0 Å². The molecule has 1 saturated heterocycles. The van der Waals surface area contributed by atoms with Gasteiger partial charge >= 0.3 is 0 Å². The van der Waals surface area contributed by atoms with Crippen LogP contribution in [0.2, 0.25) is 0 Å². The molecule has 0 radical (unpaired) electrons. The molecule has 2 aromatic carbocycles. The fourth-order valence-electron chi connectivity index (χ4n) is 2.95. The fourth-order valence-corrected chi connectivity index (χ4v) is 4.21. The molecule has 0 bridgehead atoms. The summed E-state index contributed by atoms with van der Waals surface area (Å²) in [5, 5.41) is 19.1. The number of aromatic hydroxyl groups is 1. The van der Waals surface area contributed by atoms with E-state index in [1.165, 1.54) is 5.69 Å². The number of benzene rings is 2. The lowest BCUT2D eigenvalue weighted by Gasteiger charge is -2.35. The summed E-state index contributed by atoms with van der Waals surface area (Å²) in [5.41, 5.74) is 2.67. The average Bonchev–Trinajstić information content (AvgIpc) is 2.65. The second-order valence-electron chi connectivity index (χ2n) is 6.15. The molecule has 7 heteroatoms. The van der Waals surface area contributed by atoms with Crippen LogP contribution in [0.25, 0.3) is 0 Å². The molecular weight excluding hydrogens is 462 g/mol. The van der Waals surface area contributed by atoms with Crippen molar-refractivity contribution in [3.05, 3.63) is 50.9 Å². The van der Waals surface area contributed by atoms with E-state index >= 15 is 0 Å². The molecule has 2 N–H and O–H groups in total. The quantitative estimate of drug-likeness (QED) is 0.636. The van der Waals surface area contributed by atoms with Gasteiger partial charge in [-0.1, -0.05) is 15.9 Å². The summed E-state index contributed by atoms with van der Waals surface area (Å²) in [6, 6.07) is 11.7. The smallest absolute Gasteiger partial charge is 0.138 e. The van der Waals surface area contributed by atoms with E-state index in [0.717, 1.165) is 42.9 Å². The molecule has 1 aliphatic rings. The second-order valence-corrected chi connectivity index (χ2v) is 7.92. The van der Waals surface area contributed by atoms with E-state index in [0.29, 0.717) is 10.0 Å². The first-order valence-electron chi connectivity index (χ1n) is 8.47. The van der Waals surface area contributed by atoms with Gasteiger partial charge in [0.25, 0.3) is 0 Å². The first kappa shape index (κ1) is 19.4. The number of phenols is 1. The van der Waals surface area contributed by atoms with Crippen LogP contribution in [0.5, 0.6) is 5.75 Å². The van der Waals surface area contributed by atoms with Crippen LogP contribution in [-0.2, 0) is 0 Å². The second kappa shape index (κ2) is 8.99. The topological polar surface area (TPSA) is 59.3 Å². The van der Waals surface area contributed by atoms with Gasteiger partial charge in [0.05, 0.1) is 16.8 Å². The summed E-state index contributed by atoms with van der Waals surface area (Å²) >= 11 is 6.74. The van der Waals surface area contributed by atoms with Crippen LogP contribution >= 0.6 is 31.9 Å². The number of β-amino-alcohol motifs (C(OH)–C–C–N with tert-alkyl or cyclic N) is 1. The number of aliphatic hydroxyl groups excluding tert-OH is 1. The van der Waals surface area contributed by atoms with Gasteiger partial charge in [0.15, 0.2) is 0 Å². The summed E-state index contributed by atoms with van der Waals surface area (Å²) in [4.78, 5) is 9.08. The van der Waals surface area contributed by atoms with E-state index in [2.05, 4.69) is 58.8 Å². The van der Waals surface area contributed by atoms with E-state index in [-0.39, 0.29) is 12.4 Å². The van der Waals surface area contributed by atoms with Crippen LogP contribution < -0.4 is 4.90 Å². The number of piperazine rings is 1. The highest BCUT2D eigenvalue weighted by molar-refractivity contribution is 9.11. The van der Waals surface area contributed by atoms with Crippen molar-refractivity contribution in [2.75, 3.05) is 44.2 Å². The number of hydrogen-bond donors (Lipinski definition) is 2. The molecule has 0 spiro atoms. The molecule has 0 aromatic heterocycles. The average molecular weight is 483 g/mol. The molecule has 1 fully saturated rings. The number of phenolic OH excluding ortho intramolecular Hbond substituents is 1. The van der Waals surface area contributed by atoms with Gasteiger partial charge in [-0.3, -0.25) is 9.89 Å². The number of nitrogens with zero attached hydrogens (tertiary/aromatic N) is 3. The summed E-state index contributed by atoms with van der Waals surface area (Å²) in [7, 11) is 0. The van der Waals surface area contributed by atoms with E-state index in [9.17, 15) is 5.11 Å². The van der Waals surface area contributed by atoms with E-state index < -0.39 is 0 Å². The molecule has 138 valence electrons. The maximum Gasteiger partial charge on any atom is 0.138 e. The van der Waals surface area contributed by atoms with Crippen molar-refractivity contribution in [3.8, 4) is 5.75 Å². The van der Waals surface area contributed by atoms with Crippen molar-refractivity contribution in [1.29, 1.82) is 0 Å². The van der Waals surface area contributed by atoms with Gasteiger partial charge in [-0.05, 0) is 52.3 Å². The molecule has 5 nitrogen and oxygen atoms in total. The summed E-state index contributed by atoms with van der Waals surface area (Å²) in [6.07, 6.45) is 1.66.